The van der Waals surface area contributed by atoms with Gasteiger partial charge in [-0.1, -0.05) is 11.6 Å². The smallest absolute Gasteiger partial charge is 0.331 e. The topological polar surface area (TPSA) is 57.6 Å². The quantitative estimate of drug-likeness (QED) is 0.824. The summed E-state index contributed by atoms with van der Waals surface area (Å²) in [6.45, 7) is 1.76. The third-order valence-corrected chi connectivity index (χ3v) is 2.55. The molecule has 0 aliphatic rings. The number of rotatable bonds is 5. The number of benzene rings is 1. The Morgan fingerprint density at radius 2 is 2.29 bits per heavy atom. The van der Waals surface area contributed by atoms with Crippen LogP contribution in [0.15, 0.2) is 18.2 Å². The summed E-state index contributed by atoms with van der Waals surface area (Å²) in [5, 5.41) is 9.28. The highest BCUT2D eigenvalue weighted by atomic mass is 35.5. The summed E-state index contributed by atoms with van der Waals surface area (Å²) in [6.07, 6.45) is 0.374. The van der Waals surface area contributed by atoms with Gasteiger partial charge < -0.3 is 10.0 Å². The van der Waals surface area contributed by atoms with Crippen LogP contribution >= 0.6 is 11.6 Å². The number of carboxylic acid groups (broad SMARTS) is 1. The summed E-state index contributed by atoms with van der Waals surface area (Å²) < 4.78 is 13.5. The molecule has 6 heteroatoms. The monoisotopic (exact) mass is 259 g/mol. The van der Waals surface area contributed by atoms with Gasteiger partial charge in [0.05, 0.1) is 0 Å². The third kappa shape index (κ3) is 2.94. The maximum Gasteiger partial charge on any atom is 0.331 e. The fourth-order valence-electron chi connectivity index (χ4n) is 1.50. The number of aliphatic carboxylic acids is 1. The first kappa shape index (κ1) is 13.4. The molecule has 4 nitrogen and oxygen atoms in total. The van der Waals surface area contributed by atoms with E-state index in [-0.39, 0.29) is 17.1 Å². The average Bonchev–Trinajstić information content (AvgIpc) is 2.29. The van der Waals surface area contributed by atoms with Crippen LogP contribution in [0.2, 0.25) is 5.02 Å². The normalized spacial score (nSPS) is 11.9. The van der Waals surface area contributed by atoms with Crippen LogP contribution in [-0.2, 0) is 9.59 Å². The van der Waals surface area contributed by atoms with Crippen LogP contribution in [0.4, 0.5) is 4.39 Å². The molecule has 0 spiro atoms. The predicted molar refractivity (Wildman–Crippen MR) is 60.2 cm³/mol. The van der Waals surface area contributed by atoms with Crippen molar-refractivity contribution in [1.82, 2.24) is 4.90 Å². The second-order valence-electron chi connectivity index (χ2n) is 3.34. The molecular weight excluding hydrogens is 249 g/mol. The average molecular weight is 260 g/mol. The van der Waals surface area contributed by atoms with Crippen LogP contribution in [-0.4, -0.2) is 28.9 Å². The zero-order chi connectivity index (χ0) is 13.0. The highest BCUT2D eigenvalue weighted by molar-refractivity contribution is 6.30. The molecule has 1 atom stereocenters. The minimum absolute atomic E-state index is 0.126. The van der Waals surface area contributed by atoms with Crippen LogP contribution in [0, 0.1) is 5.82 Å². The molecule has 0 fully saturated rings. The molecule has 1 N–H and O–H groups in total. The van der Waals surface area contributed by atoms with Crippen molar-refractivity contribution in [2.45, 2.75) is 13.0 Å². The zero-order valence-electron chi connectivity index (χ0n) is 9.06. The number of amides is 1. The first-order valence-corrected chi connectivity index (χ1v) is 5.27. The Kier molecular flexibility index (Phi) is 4.45. The second-order valence-corrected chi connectivity index (χ2v) is 3.78. The molecular formula is C11H11ClFNO3. The number of carbonyl (C=O) groups excluding carboxylic acids is 1. The Bertz CT molecular complexity index is 439. The van der Waals surface area contributed by atoms with Gasteiger partial charge >= 0.3 is 5.97 Å². The fraction of sp³-hybridized carbons (Fsp3) is 0.273. The molecule has 0 saturated heterocycles. The minimum atomic E-state index is -1.36. The van der Waals surface area contributed by atoms with Gasteiger partial charge in [-0.3, -0.25) is 4.79 Å². The van der Waals surface area contributed by atoms with Gasteiger partial charge in [0.15, 0.2) is 6.04 Å². The molecule has 17 heavy (non-hydrogen) atoms. The molecule has 0 aliphatic carbocycles. The van der Waals surface area contributed by atoms with E-state index in [1.54, 1.807) is 6.92 Å². The van der Waals surface area contributed by atoms with Gasteiger partial charge in [-0.2, -0.15) is 0 Å². The summed E-state index contributed by atoms with van der Waals surface area (Å²) in [5.74, 6) is -2.01. The maximum absolute atomic E-state index is 13.5. The second kappa shape index (κ2) is 5.63. The number of halogens is 2. The van der Waals surface area contributed by atoms with Crippen molar-refractivity contribution in [2.75, 3.05) is 6.54 Å². The summed E-state index contributed by atoms with van der Waals surface area (Å²) in [7, 11) is 0. The van der Waals surface area contributed by atoms with E-state index >= 15 is 0 Å². The van der Waals surface area contributed by atoms with Crippen molar-refractivity contribution in [3.05, 3.63) is 34.6 Å². The summed E-state index contributed by atoms with van der Waals surface area (Å²) in [5.41, 5.74) is -0.126. The lowest BCUT2D eigenvalue weighted by Gasteiger charge is -2.24. The molecule has 0 bridgehead atoms. The third-order valence-electron chi connectivity index (χ3n) is 2.32. The van der Waals surface area contributed by atoms with Crippen LogP contribution in [0.3, 0.4) is 0 Å². The number of hydrogen-bond donors (Lipinski definition) is 1. The number of likely N-dealkylation sites (N-methyl/N-ethyl adjacent to an activating group) is 1. The van der Waals surface area contributed by atoms with E-state index in [1.807, 2.05) is 0 Å². The first-order chi connectivity index (χ1) is 8.01. The highest BCUT2D eigenvalue weighted by Crippen LogP contribution is 2.25. The van der Waals surface area contributed by atoms with Crippen molar-refractivity contribution < 1.29 is 19.1 Å². The van der Waals surface area contributed by atoms with Crippen LogP contribution in [0.1, 0.15) is 18.5 Å². The Hall–Kier alpha value is -1.62. The van der Waals surface area contributed by atoms with Crippen molar-refractivity contribution in [2.24, 2.45) is 0 Å². The summed E-state index contributed by atoms with van der Waals surface area (Å²) >= 11 is 5.69. The Balaban J connectivity index is 3.26. The zero-order valence-corrected chi connectivity index (χ0v) is 9.82. The van der Waals surface area contributed by atoms with Gasteiger partial charge in [-0.05, 0) is 25.1 Å². The van der Waals surface area contributed by atoms with E-state index in [0.29, 0.717) is 6.41 Å². The van der Waals surface area contributed by atoms with E-state index < -0.39 is 17.8 Å². The Morgan fingerprint density at radius 3 is 2.76 bits per heavy atom. The SMILES string of the molecule is CCN(C=O)C(C(=O)O)c1cc(Cl)ccc1F. The number of hydrogen-bond acceptors (Lipinski definition) is 2. The molecule has 1 unspecified atom stereocenters. The van der Waals surface area contributed by atoms with Gasteiger partial charge in [-0.15, -0.1) is 0 Å². The maximum atomic E-state index is 13.5. The molecule has 1 amide bonds. The van der Waals surface area contributed by atoms with Gasteiger partial charge in [0.25, 0.3) is 0 Å². The molecule has 1 aromatic carbocycles. The summed E-state index contributed by atoms with van der Waals surface area (Å²) in [6, 6.07) is 2.24. The molecule has 0 aromatic heterocycles. The minimum Gasteiger partial charge on any atom is -0.479 e. The lowest BCUT2D eigenvalue weighted by atomic mass is 10.1. The van der Waals surface area contributed by atoms with Crippen molar-refractivity contribution >= 4 is 24.0 Å². The molecule has 0 radical (unpaired) electrons. The first-order valence-electron chi connectivity index (χ1n) is 4.90. The molecule has 1 rings (SSSR count). The largest absolute Gasteiger partial charge is 0.479 e. The number of nitrogens with zero attached hydrogens (tertiary/aromatic N) is 1. The van der Waals surface area contributed by atoms with Gasteiger partial charge in [0, 0.05) is 17.1 Å². The Morgan fingerprint density at radius 1 is 1.65 bits per heavy atom. The molecule has 0 aliphatic heterocycles. The van der Waals surface area contributed by atoms with Crippen LogP contribution in [0.25, 0.3) is 0 Å². The van der Waals surface area contributed by atoms with E-state index in [1.165, 1.54) is 12.1 Å². The number of carboxylic acids is 1. The Labute approximate surface area is 103 Å². The fourth-order valence-corrected chi connectivity index (χ4v) is 1.68. The van der Waals surface area contributed by atoms with Crippen LogP contribution in [0.5, 0.6) is 0 Å². The highest BCUT2D eigenvalue weighted by Gasteiger charge is 2.28. The predicted octanol–water partition coefficient (Wildman–Crippen LogP) is 2.08. The van der Waals surface area contributed by atoms with Gasteiger partial charge in [-0.25, -0.2) is 9.18 Å². The molecule has 0 saturated carbocycles. The summed E-state index contributed by atoms with van der Waals surface area (Å²) in [4.78, 5) is 22.9. The van der Waals surface area contributed by atoms with E-state index in [9.17, 15) is 14.0 Å². The van der Waals surface area contributed by atoms with E-state index in [2.05, 4.69) is 0 Å². The van der Waals surface area contributed by atoms with Crippen molar-refractivity contribution in [3.63, 3.8) is 0 Å². The lowest BCUT2D eigenvalue weighted by Crippen LogP contribution is -2.33. The van der Waals surface area contributed by atoms with Crippen LogP contribution < -0.4 is 0 Å². The number of carbonyl (C=O) groups is 2. The van der Waals surface area contributed by atoms with E-state index in [4.69, 9.17) is 16.7 Å². The molecule has 1 aromatic rings. The van der Waals surface area contributed by atoms with Crippen molar-refractivity contribution in [3.8, 4) is 0 Å². The van der Waals surface area contributed by atoms with Gasteiger partial charge in [0.1, 0.15) is 5.82 Å². The lowest BCUT2D eigenvalue weighted by molar-refractivity contribution is -0.146. The van der Waals surface area contributed by atoms with Crippen molar-refractivity contribution in [1.29, 1.82) is 0 Å². The molecule has 92 valence electrons. The van der Waals surface area contributed by atoms with E-state index in [0.717, 1.165) is 11.0 Å². The standard InChI is InChI=1S/C11H11ClFNO3/c1-2-14(6-15)10(11(16)17)8-5-7(12)3-4-9(8)13/h3-6,10H,2H2,1H3,(H,16,17). The van der Waals surface area contributed by atoms with Gasteiger partial charge in [0.2, 0.25) is 6.41 Å². The molecule has 0 heterocycles.